The third kappa shape index (κ3) is 4.71. The summed E-state index contributed by atoms with van der Waals surface area (Å²) in [5.41, 5.74) is 7.21. The van der Waals surface area contributed by atoms with Gasteiger partial charge in [0.05, 0.1) is 0 Å². The van der Waals surface area contributed by atoms with Crippen molar-refractivity contribution in [2.24, 2.45) is 0 Å². The maximum absolute atomic E-state index is 10.7. The molecule has 5 heteroatoms. The van der Waals surface area contributed by atoms with Crippen molar-refractivity contribution in [3.8, 4) is 0 Å². The predicted octanol–water partition coefficient (Wildman–Crippen LogP) is 2.54. The third-order valence-corrected chi connectivity index (χ3v) is 2.91. The molecule has 1 aromatic rings. The van der Waals surface area contributed by atoms with Gasteiger partial charge in [0.15, 0.2) is 5.11 Å². The van der Waals surface area contributed by atoms with Crippen molar-refractivity contribution < 1.29 is 4.79 Å². The average molecular weight is 265 g/mol. The number of rotatable bonds is 3. The average Bonchev–Trinajstić information content (AvgIpc) is 2.36. The van der Waals surface area contributed by atoms with Crippen LogP contribution >= 0.6 is 12.2 Å². The van der Waals surface area contributed by atoms with Crippen LogP contribution in [-0.2, 0) is 4.79 Å². The van der Waals surface area contributed by atoms with E-state index < -0.39 is 0 Å². The Balaban J connectivity index is 2.53. The van der Waals surface area contributed by atoms with E-state index in [2.05, 4.69) is 42.1 Å². The lowest BCUT2D eigenvalue weighted by molar-refractivity contribution is -0.119. The molecule has 0 heterocycles. The molecule has 0 saturated carbocycles. The molecule has 1 rings (SSSR count). The van der Waals surface area contributed by atoms with Crippen molar-refractivity contribution in [2.75, 3.05) is 5.32 Å². The predicted molar refractivity (Wildman–Crippen MR) is 78.3 cm³/mol. The summed E-state index contributed by atoms with van der Waals surface area (Å²) in [5, 5.41) is 3.35. The molecule has 0 bridgehead atoms. The van der Waals surface area contributed by atoms with Crippen LogP contribution in [0.25, 0.3) is 0 Å². The number of carbonyl (C=O) groups excluding carboxylic acids is 1. The Bertz CT molecular complexity index is 417. The lowest BCUT2D eigenvalue weighted by Crippen LogP contribution is -2.42. The first-order chi connectivity index (χ1) is 8.52. The van der Waals surface area contributed by atoms with Crippen molar-refractivity contribution >= 4 is 28.9 Å². The van der Waals surface area contributed by atoms with Crippen molar-refractivity contribution in [3.63, 3.8) is 0 Å². The molecule has 0 aliphatic carbocycles. The first kappa shape index (κ1) is 14.4. The van der Waals surface area contributed by atoms with Gasteiger partial charge in [-0.05, 0) is 42.3 Å². The summed E-state index contributed by atoms with van der Waals surface area (Å²) < 4.78 is 0. The largest absolute Gasteiger partial charge is 0.331 e. The summed E-state index contributed by atoms with van der Waals surface area (Å²) in [6, 6.07) is 8.11. The molecule has 3 N–H and O–H groups in total. The second-order valence-electron chi connectivity index (χ2n) is 4.19. The SMILES string of the molecule is CC[C@@H](C)c1ccc(NC(=S)NNC(C)=O)cc1. The fourth-order valence-corrected chi connectivity index (χ4v) is 1.61. The minimum atomic E-state index is -0.189. The zero-order valence-electron chi connectivity index (χ0n) is 10.9. The van der Waals surface area contributed by atoms with Crippen LogP contribution in [0.15, 0.2) is 24.3 Å². The van der Waals surface area contributed by atoms with E-state index in [4.69, 9.17) is 12.2 Å². The van der Waals surface area contributed by atoms with Crippen LogP contribution in [0.1, 0.15) is 38.7 Å². The maximum atomic E-state index is 10.7. The normalized spacial score (nSPS) is 11.5. The highest BCUT2D eigenvalue weighted by atomic mass is 32.1. The number of hydrogen-bond donors (Lipinski definition) is 3. The minimum Gasteiger partial charge on any atom is -0.331 e. The van der Waals surface area contributed by atoms with Gasteiger partial charge in [0.25, 0.3) is 0 Å². The van der Waals surface area contributed by atoms with Gasteiger partial charge in [-0.3, -0.25) is 15.6 Å². The number of carbonyl (C=O) groups is 1. The number of anilines is 1. The van der Waals surface area contributed by atoms with Gasteiger partial charge in [0.1, 0.15) is 0 Å². The summed E-state index contributed by atoms with van der Waals surface area (Å²) >= 11 is 5.02. The first-order valence-electron chi connectivity index (χ1n) is 5.96. The van der Waals surface area contributed by atoms with Crippen LogP contribution in [-0.4, -0.2) is 11.0 Å². The molecule has 0 unspecified atom stereocenters. The molecular weight excluding hydrogens is 246 g/mol. The quantitative estimate of drug-likeness (QED) is 0.581. The second kappa shape index (κ2) is 6.96. The Morgan fingerprint density at radius 1 is 1.28 bits per heavy atom. The first-order valence-corrected chi connectivity index (χ1v) is 6.37. The molecule has 1 atom stereocenters. The molecular formula is C13H19N3OS. The van der Waals surface area contributed by atoms with E-state index in [1.54, 1.807) is 0 Å². The van der Waals surface area contributed by atoms with Gasteiger partial charge >= 0.3 is 0 Å². The fraction of sp³-hybridized carbons (Fsp3) is 0.385. The van der Waals surface area contributed by atoms with Gasteiger partial charge in [0.2, 0.25) is 5.91 Å². The summed E-state index contributed by atoms with van der Waals surface area (Å²) in [6.07, 6.45) is 1.12. The zero-order valence-corrected chi connectivity index (χ0v) is 11.7. The number of amides is 1. The second-order valence-corrected chi connectivity index (χ2v) is 4.60. The van der Waals surface area contributed by atoms with Gasteiger partial charge in [-0.1, -0.05) is 26.0 Å². The van der Waals surface area contributed by atoms with E-state index in [1.165, 1.54) is 12.5 Å². The Kier molecular flexibility index (Phi) is 5.58. The molecule has 0 radical (unpaired) electrons. The van der Waals surface area contributed by atoms with Crippen LogP contribution in [0.2, 0.25) is 0 Å². The smallest absolute Gasteiger partial charge is 0.235 e. The highest BCUT2D eigenvalue weighted by Gasteiger charge is 2.03. The van der Waals surface area contributed by atoms with Crippen LogP contribution in [0.4, 0.5) is 5.69 Å². The summed E-state index contributed by atoms with van der Waals surface area (Å²) in [4.78, 5) is 10.7. The van der Waals surface area contributed by atoms with E-state index in [-0.39, 0.29) is 5.91 Å². The van der Waals surface area contributed by atoms with Crippen molar-refractivity contribution in [1.82, 2.24) is 10.9 Å². The van der Waals surface area contributed by atoms with Gasteiger partial charge in [-0.25, -0.2) is 0 Å². The Labute approximate surface area is 113 Å². The molecule has 0 aromatic heterocycles. The summed E-state index contributed by atoms with van der Waals surface area (Å²) in [6.45, 7) is 5.78. The highest BCUT2D eigenvalue weighted by molar-refractivity contribution is 7.80. The summed E-state index contributed by atoms with van der Waals surface area (Å²) in [7, 11) is 0. The topological polar surface area (TPSA) is 53.2 Å². The Hall–Kier alpha value is -1.62. The number of benzene rings is 1. The van der Waals surface area contributed by atoms with Crippen LogP contribution in [0.3, 0.4) is 0 Å². The van der Waals surface area contributed by atoms with E-state index in [9.17, 15) is 4.79 Å². The highest BCUT2D eigenvalue weighted by Crippen LogP contribution is 2.20. The zero-order chi connectivity index (χ0) is 13.5. The summed E-state index contributed by atoms with van der Waals surface area (Å²) in [5.74, 6) is 0.370. The maximum Gasteiger partial charge on any atom is 0.235 e. The van der Waals surface area contributed by atoms with E-state index in [0.717, 1.165) is 12.1 Å². The number of thiocarbonyl (C=S) groups is 1. The third-order valence-electron chi connectivity index (χ3n) is 2.70. The standard InChI is InChI=1S/C13H19N3OS/c1-4-9(2)11-5-7-12(8-6-11)14-13(18)16-15-10(3)17/h5-9H,4H2,1-3H3,(H,15,17)(H2,14,16,18)/t9-/m1/s1. The van der Waals surface area contributed by atoms with Crippen LogP contribution < -0.4 is 16.2 Å². The number of hydrazine groups is 1. The van der Waals surface area contributed by atoms with E-state index in [1.807, 2.05) is 12.1 Å². The number of hydrogen-bond acceptors (Lipinski definition) is 2. The molecule has 0 fully saturated rings. The lowest BCUT2D eigenvalue weighted by atomic mass is 9.99. The van der Waals surface area contributed by atoms with Crippen molar-refractivity contribution in [2.45, 2.75) is 33.1 Å². The molecule has 0 saturated heterocycles. The molecule has 1 aromatic carbocycles. The fourth-order valence-electron chi connectivity index (χ4n) is 1.44. The molecule has 0 aliphatic rings. The number of nitrogens with one attached hydrogen (secondary N) is 3. The lowest BCUT2D eigenvalue weighted by Gasteiger charge is -2.12. The van der Waals surface area contributed by atoms with Crippen LogP contribution in [0.5, 0.6) is 0 Å². The van der Waals surface area contributed by atoms with E-state index >= 15 is 0 Å². The molecule has 1 amide bonds. The minimum absolute atomic E-state index is 0.189. The monoisotopic (exact) mass is 265 g/mol. The molecule has 4 nitrogen and oxygen atoms in total. The van der Waals surface area contributed by atoms with Gasteiger partial charge in [-0.2, -0.15) is 0 Å². The molecule has 0 aliphatic heterocycles. The van der Waals surface area contributed by atoms with Crippen molar-refractivity contribution in [1.29, 1.82) is 0 Å². The molecule has 98 valence electrons. The Morgan fingerprint density at radius 2 is 1.89 bits per heavy atom. The van der Waals surface area contributed by atoms with Gasteiger partial charge < -0.3 is 5.32 Å². The van der Waals surface area contributed by atoms with Gasteiger partial charge in [0, 0.05) is 12.6 Å². The van der Waals surface area contributed by atoms with Gasteiger partial charge in [-0.15, -0.1) is 0 Å². The van der Waals surface area contributed by atoms with Crippen molar-refractivity contribution in [3.05, 3.63) is 29.8 Å². The van der Waals surface area contributed by atoms with Crippen LogP contribution in [0, 0.1) is 0 Å². The Morgan fingerprint density at radius 3 is 2.39 bits per heavy atom. The van der Waals surface area contributed by atoms with E-state index in [0.29, 0.717) is 11.0 Å². The molecule has 0 spiro atoms. The molecule has 18 heavy (non-hydrogen) atoms.